The van der Waals surface area contributed by atoms with Gasteiger partial charge >= 0.3 is 7.82 Å². The molecule has 6 nitrogen and oxygen atoms in total. The van der Waals surface area contributed by atoms with E-state index in [1.807, 2.05) is 43.3 Å². The highest BCUT2D eigenvalue weighted by Crippen LogP contribution is 2.39. The SMILES string of the molecule is CCC(=O)C(CC(C)N(C)C)(c1ccccc1)c1ccccc1.CCOP(=O)(O)O. The Bertz CT molecular complexity index is 765. The molecule has 2 N–H and O–H groups in total. The Hall–Kier alpha value is -1.82. The van der Waals surface area contributed by atoms with Gasteiger partial charge in [-0.2, -0.15) is 0 Å². The second-order valence-corrected chi connectivity index (χ2v) is 8.58. The molecule has 0 heterocycles. The van der Waals surface area contributed by atoms with Crippen LogP contribution in [0.1, 0.15) is 44.7 Å². The predicted molar refractivity (Wildman–Crippen MR) is 120 cm³/mol. The highest BCUT2D eigenvalue weighted by Gasteiger charge is 2.41. The van der Waals surface area contributed by atoms with Crippen LogP contribution in [0.15, 0.2) is 60.7 Å². The third-order valence-electron chi connectivity index (χ3n) is 5.11. The van der Waals surface area contributed by atoms with E-state index in [1.165, 1.54) is 6.92 Å². The van der Waals surface area contributed by atoms with Gasteiger partial charge < -0.3 is 14.7 Å². The van der Waals surface area contributed by atoms with Gasteiger partial charge in [-0.1, -0.05) is 67.6 Å². The highest BCUT2D eigenvalue weighted by atomic mass is 31.2. The van der Waals surface area contributed by atoms with Crippen molar-refractivity contribution in [3.8, 4) is 0 Å². The molecule has 1 unspecified atom stereocenters. The molecule has 0 fully saturated rings. The van der Waals surface area contributed by atoms with Crippen molar-refractivity contribution in [3.05, 3.63) is 71.8 Å². The van der Waals surface area contributed by atoms with Crippen LogP contribution in [0.4, 0.5) is 0 Å². The van der Waals surface area contributed by atoms with E-state index in [9.17, 15) is 9.36 Å². The van der Waals surface area contributed by atoms with Crippen molar-refractivity contribution in [2.45, 2.75) is 45.1 Å². The summed E-state index contributed by atoms with van der Waals surface area (Å²) < 4.78 is 13.6. The fourth-order valence-electron chi connectivity index (χ4n) is 3.38. The van der Waals surface area contributed by atoms with E-state index in [0.717, 1.165) is 17.5 Å². The van der Waals surface area contributed by atoms with Crippen LogP contribution in [0.25, 0.3) is 0 Å². The number of Topliss-reactive ketones (excluding diaryl/α,β-unsaturated/α-hetero) is 1. The first-order valence-corrected chi connectivity index (χ1v) is 11.6. The molecule has 0 bridgehead atoms. The number of benzene rings is 2. The largest absolute Gasteiger partial charge is 0.469 e. The lowest BCUT2D eigenvalue weighted by Gasteiger charge is -2.37. The van der Waals surface area contributed by atoms with Gasteiger partial charge in [0.15, 0.2) is 0 Å². The van der Waals surface area contributed by atoms with Crippen molar-refractivity contribution in [2.75, 3.05) is 20.7 Å². The smallest absolute Gasteiger partial charge is 0.307 e. The average molecular weight is 436 g/mol. The van der Waals surface area contributed by atoms with Crippen molar-refractivity contribution in [1.29, 1.82) is 0 Å². The summed E-state index contributed by atoms with van der Waals surface area (Å²) in [5, 5.41) is 0. The van der Waals surface area contributed by atoms with Crippen molar-refractivity contribution in [2.24, 2.45) is 0 Å². The molecule has 0 spiro atoms. The lowest BCUT2D eigenvalue weighted by atomic mass is 9.67. The maximum atomic E-state index is 13.2. The third kappa shape index (κ3) is 7.46. The van der Waals surface area contributed by atoms with Crippen LogP contribution in [-0.2, 0) is 19.3 Å². The molecule has 0 radical (unpaired) electrons. The van der Waals surface area contributed by atoms with E-state index in [0.29, 0.717) is 12.5 Å². The fraction of sp³-hybridized carbons (Fsp3) is 0.435. The fourth-order valence-corrected chi connectivity index (χ4v) is 3.72. The molecule has 1 atom stereocenters. The number of phosphoric acid groups is 1. The molecule has 7 heteroatoms. The minimum absolute atomic E-state index is 0.0459. The highest BCUT2D eigenvalue weighted by molar-refractivity contribution is 7.46. The normalized spacial score (nSPS) is 12.8. The van der Waals surface area contributed by atoms with E-state index in [2.05, 4.69) is 54.7 Å². The van der Waals surface area contributed by atoms with Crippen LogP contribution in [0, 0.1) is 0 Å². The van der Waals surface area contributed by atoms with E-state index < -0.39 is 13.2 Å². The van der Waals surface area contributed by atoms with Crippen molar-refractivity contribution >= 4 is 13.6 Å². The van der Waals surface area contributed by atoms with Gasteiger partial charge in [0.05, 0.1) is 12.0 Å². The van der Waals surface area contributed by atoms with Crippen LogP contribution >= 0.6 is 7.82 Å². The molecule has 166 valence electrons. The lowest BCUT2D eigenvalue weighted by Crippen LogP contribution is -2.42. The van der Waals surface area contributed by atoms with Crippen LogP contribution in [-0.4, -0.2) is 47.2 Å². The number of carbonyl (C=O) groups is 1. The van der Waals surface area contributed by atoms with Gasteiger partial charge in [0.1, 0.15) is 5.78 Å². The zero-order valence-electron chi connectivity index (χ0n) is 18.5. The molecule has 0 aliphatic carbocycles. The Morgan fingerprint density at radius 3 is 1.70 bits per heavy atom. The summed E-state index contributed by atoms with van der Waals surface area (Å²) >= 11 is 0. The van der Waals surface area contributed by atoms with E-state index in [-0.39, 0.29) is 12.4 Å². The second-order valence-electron chi connectivity index (χ2n) is 7.34. The first-order chi connectivity index (χ1) is 14.1. The number of nitrogens with zero attached hydrogens (tertiary/aromatic N) is 1. The summed E-state index contributed by atoms with van der Waals surface area (Å²) in [4.78, 5) is 31.2. The number of ketones is 1. The lowest BCUT2D eigenvalue weighted by molar-refractivity contribution is -0.123. The number of rotatable bonds is 9. The van der Waals surface area contributed by atoms with E-state index in [1.54, 1.807) is 0 Å². The number of hydrogen-bond donors (Lipinski definition) is 2. The van der Waals surface area contributed by atoms with Gasteiger partial charge in [-0.15, -0.1) is 0 Å². The molecule has 30 heavy (non-hydrogen) atoms. The number of hydrogen-bond acceptors (Lipinski definition) is 4. The maximum absolute atomic E-state index is 13.2. The summed E-state index contributed by atoms with van der Waals surface area (Å²) in [5.41, 5.74) is 1.60. The van der Waals surface area contributed by atoms with Gasteiger partial charge in [-0.3, -0.25) is 9.32 Å². The molecule has 0 aliphatic heterocycles. The zero-order chi connectivity index (χ0) is 22.8. The molecule has 2 rings (SSSR count). The van der Waals surface area contributed by atoms with Crippen molar-refractivity contribution in [1.82, 2.24) is 4.90 Å². The molecule has 0 saturated heterocycles. The van der Waals surface area contributed by atoms with Gasteiger partial charge in [-0.05, 0) is 45.5 Å². The quantitative estimate of drug-likeness (QED) is 0.568. The molecular formula is C23H34NO5P. The Labute approximate surface area is 180 Å². The van der Waals surface area contributed by atoms with Crippen molar-refractivity contribution in [3.63, 3.8) is 0 Å². The van der Waals surface area contributed by atoms with E-state index >= 15 is 0 Å². The Morgan fingerprint density at radius 2 is 1.43 bits per heavy atom. The van der Waals surface area contributed by atoms with Crippen LogP contribution in [0.5, 0.6) is 0 Å². The summed E-state index contributed by atoms with van der Waals surface area (Å²) in [7, 11) is -0.0232. The summed E-state index contributed by atoms with van der Waals surface area (Å²) in [6.07, 6.45) is 1.31. The standard InChI is InChI=1S/C21H27NO.C2H7O4P/c1-5-20(23)21(16-17(2)22(3)4,18-12-8-6-9-13-18)19-14-10-7-11-15-19;1-2-6-7(3,4)5/h6-15,17H,5,16H2,1-4H3;2H2,1H3,(H2,3,4,5). The van der Waals surface area contributed by atoms with Gasteiger partial charge in [0.25, 0.3) is 0 Å². The number of phosphoric ester groups is 1. The first kappa shape index (κ1) is 26.2. The molecule has 2 aromatic carbocycles. The molecule has 0 aliphatic rings. The Morgan fingerprint density at radius 1 is 1.00 bits per heavy atom. The average Bonchev–Trinajstić information content (AvgIpc) is 2.72. The third-order valence-corrected chi connectivity index (χ3v) is 5.71. The summed E-state index contributed by atoms with van der Waals surface area (Å²) in [6, 6.07) is 20.7. The van der Waals surface area contributed by atoms with Gasteiger partial charge in [-0.25, -0.2) is 4.57 Å². The van der Waals surface area contributed by atoms with E-state index in [4.69, 9.17) is 9.79 Å². The molecule has 0 aromatic heterocycles. The monoisotopic (exact) mass is 435 g/mol. The predicted octanol–water partition coefficient (Wildman–Crippen LogP) is 4.41. The topological polar surface area (TPSA) is 87.1 Å². The van der Waals surface area contributed by atoms with Crippen LogP contribution in [0.2, 0.25) is 0 Å². The van der Waals surface area contributed by atoms with Crippen LogP contribution in [0.3, 0.4) is 0 Å². The second kappa shape index (κ2) is 12.1. The maximum Gasteiger partial charge on any atom is 0.469 e. The minimum atomic E-state index is -4.17. The zero-order valence-corrected chi connectivity index (χ0v) is 19.4. The minimum Gasteiger partial charge on any atom is -0.307 e. The van der Waals surface area contributed by atoms with Gasteiger partial charge in [0, 0.05) is 12.5 Å². The Balaban J connectivity index is 0.000000553. The number of carbonyl (C=O) groups excluding carboxylic acids is 1. The molecule has 2 aromatic rings. The molecule has 0 saturated carbocycles. The molecule has 0 amide bonds. The van der Waals surface area contributed by atoms with Gasteiger partial charge in [0.2, 0.25) is 0 Å². The van der Waals surface area contributed by atoms with Crippen LogP contribution < -0.4 is 0 Å². The summed E-state index contributed by atoms with van der Waals surface area (Å²) in [6.45, 7) is 5.70. The molecular weight excluding hydrogens is 401 g/mol. The first-order valence-electron chi connectivity index (χ1n) is 10.1. The summed E-state index contributed by atoms with van der Waals surface area (Å²) in [5.74, 6) is 0.281. The van der Waals surface area contributed by atoms with Crippen molar-refractivity contribution < 1.29 is 23.7 Å². The Kier molecular flexibility index (Phi) is 10.6.